The molecule has 1 aliphatic carbocycles. The van der Waals surface area contributed by atoms with Crippen molar-refractivity contribution in [3.05, 3.63) is 83.4 Å². The molecule has 0 saturated carbocycles. The number of amidine groups is 1. The topological polar surface area (TPSA) is 150 Å². The van der Waals surface area contributed by atoms with E-state index >= 15 is 0 Å². The predicted octanol–water partition coefficient (Wildman–Crippen LogP) is 2.61. The van der Waals surface area contributed by atoms with E-state index in [0.29, 0.717) is 25.9 Å². The number of aryl methyl sites for hydroxylation is 1. The molecule has 0 saturated heterocycles. The number of fused-ring (bicyclic) bond motifs is 1. The second kappa shape index (κ2) is 18.9. The van der Waals surface area contributed by atoms with Crippen molar-refractivity contribution in [2.24, 2.45) is 5.73 Å². The van der Waals surface area contributed by atoms with Gasteiger partial charge in [-0.05, 0) is 43.6 Å². The van der Waals surface area contributed by atoms with Gasteiger partial charge >= 0.3 is 0 Å². The number of hydrogen-bond acceptors (Lipinski definition) is 6. The van der Waals surface area contributed by atoms with Crippen LogP contribution in [0.15, 0.2) is 72.2 Å². The minimum Gasteiger partial charge on any atom is -0.384 e. The first-order valence-electron chi connectivity index (χ1n) is 13.6. The molecular formula is C30H43FN6O4. The molecule has 41 heavy (non-hydrogen) atoms. The molecule has 10 nitrogen and oxygen atoms in total. The standard InChI is InChI=1S/C20H27FN4O4.C8H10N2.C2H6/c1-14-20(28)25(2)13-19(27)24-12-18(26)23-7-3-4-15-5-6-16(21)11-17(10-15)29-9-8-22-14;1-6-2-4-7(5-3-6)8(9)10;1-2/h5-6,10-11,17,22H,1,3-4,7-9,12-13H2,2H3,(H,23,26)(H,24,27);2-5H,1H3,(H3,9,10);1-2H3. The van der Waals surface area contributed by atoms with Crippen LogP contribution in [0.5, 0.6) is 0 Å². The maximum atomic E-state index is 13.8. The lowest BCUT2D eigenvalue weighted by atomic mass is 10.1. The summed E-state index contributed by atoms with van der Waals surface area (Å²) in [6.07, 6.45) is 7.03. The van der Waals surface area contributed by atoms with Gasteiger partial charge in [0.2, 0.25) is 11.8 Å². The molecule has 1 aliphatic heterocycles. The first-order valence-corrected chi connectivity index (χ1v) is 13.6. The summed E-state index contributed by atoms with van der Waals surface area (Å²) in [4.78, 5) is 37.2. The van der Waals surface area contributed by atoms with Crippen molar-refractivity contribution in [3.63, 3.8) is 0 Å². The molecular weight excluding hydrogens is 527 g/mol. The summed E-state index contributed by atoms with van der Waals surface area (Å²) < 4.78 is 19.5. The van der Waals surface area contributed by atoms with Crippen LogP contribution in [0.4, 0.5) is 4.39 Å². The number of ether oxygens (including phenoxy) is 1. The van der Waals surface area contributed by atoms with Crippen LogP contribution in [-0.4, -0.2) is 74.4 Å². The highest BCUT2D eigenvalue weighted by Crippen LogP contribution is 2.17. The zero-order valence-electron chi connectivity index (χ0n) is 24.4. The summed E-state index contributed by atoms with van der Waals surface area (Å²) in [5.41, 5.74) is 8.22. The van der Waals surface area contributed by atoms with Crippen molar-refractivity contribution >= 4 is 23.6 Å². The fourth-order valence-corrected chi connectivity index (χ4v) is 3.52. The molecule has 6 N–H and O–H groups in total. The van der Waals surface area contributed by atoms with E-state index < -0.39 is 17.9 Å². The zero-order chi connectivity index (χ0) is 30.8. The Kier molecular flexibility index (Phi) is 16.1. The SMILES string of the molecule is C=C1NCCOC2C=C(F)C=CC(=C2)CCCNC(=O)CNC(=O)CN(C)C1=O.CC.Cc1ccc(C(=N)N)cc1. The summed E-state index contributed by atoms with van der Waals surface area (Å²) in [5.74, 6) is -1.48. The first kappa shape index (κ1) is 34.8. The second-order valence-corrected chi connectivity index (χ2v) is 9.04. The van der Waals surface area contributed by atoms with Crippen LogP contribution in [0, 0.1) is 12.3 Å². The van der Waals surface area contributed by atoms with E-state index in [1.807, 2.05) is 51.1 Å². The highest BCUT2D eigenvalue weighted by atomic mass is 19.1. The van der Waals surface area contributed by atoms with E-state index in [4.69, 9.17) is 15.9 Å². The number of nitrogens with zero attached hydrogens (tertiary/aromatic N) is 1. The number of amides is 3. The number of carbonyl (C=O) groups is 3. The molecule has 3 amide bonds. The third-order valence-corrected chi connectivity index (χ3v) is 5.67. The molecule has 2 aliphatic rings. The third kappa shape index (κ3) is 14.1. The van der Waals surface area contributed by atoms with Gasteiger partial charge in [-0.3, -0.25) is 19.8 Å². The third-order valence-electron chi connectivity index (χ3n) is 5.67. The van der Waals surface area contributed by atoms with Crippen LogP contribution in [0.1, 0.15) is 37.8 Å². The highest BCUT2D eigenvalue weighted by Gasteiger charge is 2.17. The minimum atomic E-state index is -0.535. The number of nitrogens with one attached hydrogen (secondary N) is 4. The normalized spacial score (nSPS) is 19.0. The Hall–Kier alpha value is -4.25. The fourth-order valence-electron chi connectivity index (χ4n) is 3.52. The number of nitrogen functional groups attached to an aromatic ring is 1. The summed E-state index contributed by atoms with van der Waals surface area (Å²) in [6, 6.07) is 7.57. The molecule has 2 bridgehead atoms. The Bertz CT molecular complexity index is 1140. The largest absolute Gasteiger partial charge is 0.384 e. The molecule has 1 atom stereocenters. The average Bonchev–Trinajstić information content (AvgIpc) is 3.13. The number of rotatable bonds is 1. The molecule has 3 rings (SSSR count). The van der Waals surface area contributed by atoms with E-state index in [0.717, 1.165) is 11.1 Å². The number of likely N-dealkylation sites (N-methyl/N-ethyl adjacent to an activating group) is 1. The monoisotopic (exact) mass is 570 g/mol. The minimum absolute atomic E-state index is 0.111. The zero-order valence-corrected chi connectivity index (χ0v) is 24.4. The Morgan fingerprint density at radius 3 is 2.39 bits per heavy atom. The average molecular weight is 571 g/mol. The van der Waals surface area contributed by atoms with E-state index in [1.54, 1.807) is 6.08 Å². The van der Waals surface area contributed by atoms with Crippen LogP contribution in [-0.2, 0) is 19.1 Å². The number of allylic oxidation sites excluding steroid dienone is 4. The summed E-state index contributed by atoms with van der Waals surface area (Å²) in [5, 5.41) is 15.1. The van der Waals surface area contributed by atoms with Crippen molar-refractivity contribution in [2.75, 3.05) is 39.8 Å². The molecule has 1 heterocycles. The number of nitrogens with two attached hydrogens (primary N) is 1. The van der Waals surface area contributed by atoms with Gasteiger partial charge in [0, 0.05) is 25.7 Å². The Balaban J connectivity index is 0.000000584. The van der Waals surface area contributed by atoms with Crippen LogP contribution < -0.4 is 21.7 Å². The van der Waals surface area contributed by atoms with E-state index in [1.165, 1.54) is 29.7 Å². The van der Waals surface area contributed by atoms with E-state index in [9.17, 15) is 18.8 Å². The van der Waals surface area contributed by atoms with E-state index in [-0.39, 0.29) is 43.0 Å². The molecule has 1 aromatic rings. The first-order chi connectivity index (χ1) is 19.5. The van der Waals surface area contributed by atoms with Crippen molar-refractivity contribution in [2.45, 2.75) is 39.7 Å². The second-order valence-electron chi connectivity index (χ2n) is 9.04. The van der Waals surface area contributed by atoms with Crippen molar-refractivity contribution < 1.29 is 23.5 Å². The molecule has 224 valence electrons. The lowest BCUT2D eigenvalue weighted by Crippen LogP contribution is -2.44. The number of benzene rings is 1. The fraction of sp³-hybridized carbons (Fsp3) is 0.400. The highest BCUT2D eigenvalue weighted by molar-refractivity contribution is 5.95. The van der Waals surface area contributed by atoms with Gasteiger partial charge in [0.1, 0.15) is 11.7 Å². The van der Waals surface area contributed by atoms with Crippen LogP contribution in [0.2, 0.25) is 0 Å². The maximum Gasteiger partial charge on any atom is 0.269 e. The predicted molar refractivity (Wildman–Crippen MR) is 160 cm³/mol. The van der Waals surface area contributed by atoms with Gasteiger partial charge < -0.3 is 31.3 Å². The molecule has 0 spiro atoms. The summed E-state index contributed by atoms with van der Waals surface area (Å²) >= 11 is 0. The van der Waals surface area contributed by atoms with Crippen LogP contribution in [0.25, 0.3) is 0 Å². The number of hydrogen-bond donors (Lipinski definition) is 5. The molecule has 11 heteroatoms. The molecule has 0 aromatic heterocycles. The van der Waals surface area contributed by atoms with Crippen LogP contribution >= 0.6 is 0 Å². The lowest BCUT2D eigenvalue weighted by molar-refractivity contribution is -0.132. The Morgan fingerprint density at radius 1 is 1.05 bits per heavy atom. The van der Waals surface area contributed by atoms with Gasteiger partial charge in [-0.1, -0.05) is 56.3 Å². The number of carbonyl (C=O) groups excluding carboxylic acids is 3. The quantitative estimate of drug-likeness (QED) is 0.199. The van der Waals surface area contributed by atoms with Gasteiger partial charge in [-0.2, -0.15) is 0 Å². The van der Waals surface area contributed by atoms with Gasteiger partial charge in [0.25, 0.3) is 5.91 Å². The van der Waals surface area contributed by atoms with E-state index in [2.05, 4.69) is 22.5 Å². The Morgan fingerprint density at radius 2 is 1.73 bits per heavy atom. The summed E-state index contributed by atoms with van der Waals surface area (Å²) in [7, 11) is 1.46. The van der Waals surface area contributed by atoms with Crippen molar-refractivity contribution in [1.29, 1.82) is 5.41 Å². The maximum absolute atomic E-state index is 13.8. The van der Waals surface area contributed by atoms with Gasteiger partial charge in [-0.25, -0.2) is 4.39 Å². The lowest BCUT2D eigenvalue weighted by Gasteiger charge is -2.19. The smallest absolute Gasteiger partial charge is 0.269 e. The molecule has 1 aromatic carbocycles. The van der Waals surface area contributed by atoms with Gasteiger partial charge in [0.15, 0.2) is 0 Å². The number of halogens is 1. The Labute approximate surface area is 242 Å². The molecule has 0 fully saturated rings. The van der Waals surface area contributed by atoms with Crippen molar-refractivity contribution in [3.8, 4) is 0 Å². The molecule has 1 unspecified atom stereocenters. The van der Waals surface area contributed by atoms with Crippen molar-refractivity contribution in [1.82, 2.24) is 20.9 Å². The summed E-state index contributed by atoms with van der Waals surface area (Å²) in [6.45, 7) is 10.2. The van der Waals surface area contributed by atoms with Gasteiger partial charge in [-0.15, -0.1) is 0 Å². The molecule has 0 radical (unpaired) electrons. The van der Waals surface area contributed by atoms with Gasteiger partial charge in [0.05, 0.1) is 31.5 Å². The van der Waals surface area contributed by atoms with Crippen LogP contribution in [0.3, 0.4) is 0 Å².